The molecule has 0 atom stereocenters. The Morgan fingerprint density at radius 2 is 2.11 bits per heavy atom. The number of halogens is 1. The molecule has 100 valence electrons. The molecule has 5 heteroatoms. The number of nitrogens with two attached hydrogens (primary N) is 1. The maximum Gasteiger partial charge on any atom is 0.122 e. The fraction of sp³-hybridized carbons (Fsp3) is 0.214. The summed E-state index contributed by atoms with van der Waals surface area (Å²) >= 11 is 7.51. The van der Waals surface area contributed by atoms with Crippen molar-refractivity contribution in [1.82, 2.24) is 4.98 Å². The number of anilines is 1. The molecule has 3 nitrogen and oxygen atoms in total. The third kappa shape index (κ3) is 3.78. The number of aryl methyl sites for hydroxylation is 1. The summed E-state index contributed by atoms with van der Waals surface area (Å²) in [6, 6.07) is 9.37. The van der Waals surface area contributed by atoms with E-state index in [0.717, 1.165) is 27.8 Å². The molecular weight excluding hydrogens is 280 g/mol. The molecule has 1 aromatic carbocycles. The number of benzene rings is 1. The van der Waals surface area contributed by atoms with Crippen molar-refractivity contribution in [1.29, 1.82) is 0 Å². The molecule has 0 radical (unpaired) electrons. The summed E-state index contributed by atoms with van der Waals surface area (Å²) < 4.78 is 5.24. The molecule has 2 rings (SSSR count). The van der Waals surface area contributed by atoms with Gasteiger partial charge in [-0.3, -0.25) is 4.98 Å². The lowest BCUT2D eigenvalue weighted by Gasteiger charge is -2.08. The topological polar surface area (TPSA) is 48.1 Å². The van der Waals surface area contributed by atoms with Crippen LogP contribution in [-0.4, -0.2) is 12.1 Å². The van der Waals surface area contributed by atoms with Crippen LogP contribution in [-0.2, 0) is 5.75 Å². The second-order valence-electron chi connectivity index (χ2n) is 4.11. The van der Waals surface area contributed by atoms with Gasteiger partial charge in [-0.05, 0) is 25.1 Å². The van der Waals surface area contributed by atoms with Crippen LogP contribution in [0.5, 0.6) is 5.75 Å². The van der Waals surface area contributed by atoms with Crippen molar-refractivity contribution in [3.63, 3.8) is 0 Å². The summed E-state index contributed by atoms with van der Waals surface area (Å²) in [6.07, 6.45) is 0. The first-order chi connectivity index (χ1) is 9.08. The van der Waals surface area contributed by atoms with Crippen LogP contribution in [0.3, 0.4) is 0 Å². The predicted molar refractivity (Wildman–Crippen MR) is 81.0 cm³/mol. The molecule has 0 saturated heterocycles. The van der Waals surface area contributed by atoms with Gasteiger partial charge < -0.3 is 10.5 Å². The van der Waals surface area contributed by atoms with Gasteiger partial charge in [0.2, 0.25) is 0 Å². The number of thioether (sulfide) groups is 1. The first kappa shape index (κ1) is 14.0. The monoisotopic (exact) mass is 294 g/mol. The van der Waals surface area contributed by atoms with Crippen molar-refractivity contribution in [3.05, 3.63) is 46.7 Å². The lowest BCUT2D eigenvalue weighted by atomic mass is 10.3. The molecule has 2 aromatic rings. The predicted octanol–water partition coefficient (Wildman–Crippen LogP) is 3.93. The molecule has 0 saturated carbocycles. The Morgan fingerprint density at radius 1 is 1.32 bits per heavy atom. The van der Waals surface area contributed by atoms with Gasteiger partial charge in [-0.15, -0.1) is 11.8 Å². The van der Waals surface area contributed by atoms with Gasteiger partial charge in [-0.2, -0.15) is 0 Å². The summed E-state index contributed by atoms with van der Waals surface area (Å²) in [5, 5.41) is 0.650. The lowest BCUT2D eigenvalue weighted by Crippen LogP contribution is -1.94. The molecule has 0 aliphatic rings. The summed E-state index contributed by atoms with van der Waals surface area (Å²) in [7, 11) is 1.66. The van der Waals surface area contributed by atoms with E-state index in [1.54, 1.807) is 24.9 Å². The van der Waals surface area contributed by atoms with Crippen LogP contribution in [0.1, 0.15) is 11.4 Å². The van der Waals surface area contributed by atoms with Gasteiger partial charge in [0.1, 0.15) is 5.75 Å². The molecule has 0 amide bonds. The van der Waals surface area contributed by atoms with E-state index in [-0.39, 0.29) is 0 Å². The summed E-state index contributed by atoms with van der Waals surface area (Å²) in [5.74, 6) is 1.57. The van der Waals surface area contributed by atoms with Crippen molar-refractivity contribution in [3.8, 4) is 5.75 Å². The third-order valence-corrected chi connectivity index (χ3v) is 3.92. The van der Waals surface area contributed by atoms with Gasteiger partial charge >= 0.3 is 0 Å². The molecule has 0 aliphatic carbocycles. The van der Waals surface area contributed by atoms with Crippen LogP contribution in [0.15, 0.2) is 35.2 Å². The number of nitrogens with zero attached hydrogens (tertiary/aromatic N) is 1. The van der Waals surface area contributed by atoms with E-state index in [1.807, 2.05) is 31.2 Å². The zero-order valence-electron chi connectivity index (χ0n) is 10.8. The largest absolute Gasteiger partial charge is 0.497 e. The zero-order valence-corrected chi connectivity index (χ0v) is 12.4. The average Bonchev–Trinajstić information content (AvgIpc) is 2.37. The first-order valence-corrected chi connectivity index (χ1v) is 7.14. The number of rotatable bonds is 4. The van der Waals surface area contributed by atoms with Gasteiger partial charge in [0, 0.05) is 39.2 Å². The minimum Gasteiger partial charge on any atom is -0.497 e. The number of methoxy groups -OCH3 is 1. The highest BCUT2D eigenvalue weighted by molar-refractivity contribution is 7.98. The second-order valence-corrected chi connectivity index (χ2v) is 5.56. The van der Waals surface area contributed by atoms with E-state index < -0.39 is 0 Å². The molecule has 1 heterocycles. The Bertz CT molecular complexity index is 590. The molecule has 19 heavy (non-hydrogen) atoms. The number of ether oxygens (including phenoxy) is 1. The van der Waals surface area contributed by atoms with Gasteiger partial charge in [0.15, 0.2) is 0 Å². The van der Waals surface area contributed by atoms with E-state index >= 15 is 0 Å². The number of hydrogen-bond donors (Lipinski definition) is 1. The van der Waals surface area contributed by atoms with Gasteiger partial charge in [-0.25, -0.2) is 0 Å². The normalized spacial score (nSPS) is 10.5. The van der Waals surface area contributed by atoms with Gasteiger partial charge in [0.25, 0.3) is 0 Å². The van der Waals surface area contributed by atoms with Crippen molar-refractivity contribution >= 4 is 29.1 Å². The first-order valence-electron chi connectivity index (χ1n) is 5.78. The molecule has 0 aliphatic heterocycles. The van der Waals surface area contributed by atoms with Crippen molar-refractivity contribution in [2.24, 2.45) is 0 Å². The van der Waals surface area contributed by atoms with E-state index in [4.69, 9.17) is 22.1 Å². The van der Waals surface area contributed by atoms with Crippen LogP contribution in [0.2, 0.25) is 5.02 Å². The highest BCUT2D eigenvalue weighted by Gasteiger charge is 2.05. The molecule has 2 N–H and O–H groups in total. The third-order valence-electron chi connectivity index (χ3n) is 2.56. The Morgan fingerprint density at radius 3 is 2.79 bits per heavy atom. The van der Waals surface area contributed by atoms with E-state index in [9.17, 15) is 0 Å². The Kier molecular flexibility index (Phi) is 4.56. The van der Waals surface area contributed by atoms with Crippen molar-refractivity contribution in [2.45, 2.75) is 17.6 Å². The minimum atomic E-state index is 0.650. The highest BCUT2D eigenvalue weighted by Crippen LogP contribution is 2.30. The van der Waals surface area contributed by atoms with Crippen LogP contribution in [0, 0.1) is 6.92 Å². The molecule has 0 unspecified atom stereocenters. The van der Waals surface area contributed by atoms with Crippen LogP contribution >= 0.6 is 23.4 Å². The quantitative estimate of drug-likeness (QED) is 0.686. The molecule has 1 aromatic heterocycles. The van der Waals surface area contributed by atoms with E-state index in [2.05, 4.69) is 4.98 Å². The Labute approximate surface area is 122 Å². The van der Waals surface area contributed by atoms with Crippen molar-refractivity contribution < 1.29 is 4.74 Å². The summed E-state index contributed by atoms with van der Waals surface area (Å²) in [5.41, 5.74) is 8.53. The standard InChI is InChI=1S/C14H15ClN2OS/c1-9-5-12(18-2)7-11(17-9)8-19-14-4-3-10(15)6-13(14)16/h3-7H,8,16H2,1-2H3. The van der Waals surface area contributed by atoms with Crippen LogP contribution in [0.25, 0.3) is 0 Å². The van der Waals surface area contributed by atoms with E-state index in [0.29, 0.717) is 10.7 Å². The molecular formula is C14H15ClN2OS. The van der Waals surface area contributed by atoms with E-state index in [1.165, 1.54) is 0 Å². The molecule has 0 spiro atoms. The zero-order chi connectivity index (χ0) is 13.8. The Hall–Kier alpha value is -1.39. The smallest absolute Gasteiger partial charge is 0.122 e. The summed E-state index contributed by atoms with van der Waals surface area (Å²) in [6.45, 7) is 1.95. The minimum absolute atomic E-state index is 0.650. The molecule has 0 bridgehead atoms. The van der Waals surface area contributed by atoms with Gasteiger partial charge in [0.05, 0.1) is 12.8 Å². The maximum atomic E-state index is 5.92. The number of hydrogen-bond acceptors (Lipinski definition) is 4. The van der Waals surface area contributed by atoms with Crippen molar-refractivity contribution in [2.75, 3.05) is 12.8 Å². The number of aromatic nitrogens is 1. The lowest BCUT2D eigenvalue weighted by molar-refractivity contribution is 0.413. The van der Waals surface area contributed by atoms with Crippen LogP contribution < -0.4 is 10.5 Å². The highest BCUT2D eigenvalue weighted by atomic mass is 35.5. The van der Waals surface area contributed by atoms with Gasteiger partial charge in [-0.1, -0.05) is 11.6 Å². The molecule has 0 fully saturated rings. The summed E-state index contributed by atoms with van der Waals surface area (Å²) in [4.78, 5) is 5.48. The number of pyridine rings is 1. The fourth-order valence-electron chi connectivity index (χ4n) is 1.70. The number of nitrogen functional groups attached to an aromatic ring is 1. The fourth-order valence-corrected chi connectivity index (χ4v) is 2.72. The second kappa shape index (κ2) is 6.17. The maximum absolute atomic E-state index is 5.92. The average molecular weight is 295 g/mol. The van der Waals surface area contributed by atoms with Crippen LogP contribution in [0.4, 0.5) is 5.69 Å². The SMILES string of the molecule is COc1cc(C)nc(CSc2ccc(Cl)cc2N)c1. The Balaban J connectivity index is 2.12.